The van der Waals surface area contributed by atoms with E-state index in [0.717, 1.165) is 37.5 Å². The molecule has 0 spiro atoms. The lowest BCUT2D eigenvalue weighted by Crippen LogP contribution is -2.43. The molecule has 2 aromatic rings. The zero-order chi connectivity index (χ0) is 11.8. The normalized spacial score (nSPS) is 16.6. The van der Waals surface area contributed by atoms with Crippen LogP contribution in [0.15, 0.2) is 12.1 Å². The molecule has 6 heteroatoms. The summed E-state index contributed by atoms with van der Waals surface area (Å²) in [5, 5.41) is 7.56. The van der Waals surface area contributed by atoms with E-state index in [1.165, 1.54) is 5.69 Å². The lowest BCUT2D eigenvalue weighted by Gasteiger charge is -2.30. The largest absolute Gasteiger partial charge is 0.368 e. The van der Waals surface area contributed by atoms with Crippen LogP contribution in [0.5, 0.6) is 0 Å². The monoisotopic (exact) mass is 232 g/mol. The first kappa shape index (κ1) is 10.3. The molecule has 1 aliphatic rings. The molecule has 17 heavy (non-hydrogen) atoms. The molecule has 90 valence electrons. The van der Waals surface area contributed by atoms with Gasteiger partial charge in [0.15, 0.2) is 5.65 Å². The Morgan fingerprint density at radius 3 is 2.82 bits per heavy atom. The highest BCUT2D eigenvalue weighted by molar-refractivity contribution is 5.57. The number of nitrogens with one attached hydrogen (secondary N) is 1. The van der Waals surface area contributed by atoms with Crippen molar-refractivity contribution in [2.45, 2.75) is 6.92 Å². The number of fused-ring (bicyclic) bond motifs is 1. The number of hydrogen-bond acceptors (Lipinski definition) is 5. The van der Waals surface area contributed by atoms with Crippen molar-refractivity contribution in [3.05, 3.63) is 17.8 Å². The Labute approximate surface area is 99.4 Å². The van der Waals surface area contributed by atoms with E-state index in [1.807, 2.05) is 10.6 Å². The first-order valence-electron chi connectivity index (χ1n) is 5.83. The molecule has 1 fully saturated rings. The first-order valence-corrected chi connectivity index (χ1v) is 5.83. The molecule has 6 nitrogen and oxygen atoms in total. The maximum atomic E-state index is 5.62. The molecule has 0 atom stereocenters. The van der Waals surface area contributed by atoms with Crippen molar-refractivity contribution in [3.8, 4) is 0 Å². The smallest absolute Gasteiger partial charge is 0.240 e. The zero-order valence-corrected chi connectivity index (χ0v) is 9.85. The van der Waals surface area contributed by atoms with E-state index in [4.69, 9.17) is 5.73 Å². The van der Waals surface area contributed by atoms with Crippen LogP contribution >= 0.6 is 0 Å². The number of piperazine rings is 1. The lowest BCUT2D eigenvalue weighted by molar-refractivity contribution is 0.587. The second kappa shape index (κ2) is 3.89. The second-order valence-corrected chi connectivity index (χ2v) is 4.28. The molecule has 0 unspecified atom stereocenters. The van der Waals surface area contributed by atoms with Crippen LogP contribution in [-0.4, -0.2) is 40.8 Å². The quantitative estimate of drug-likeness (QED) is 0.726. The minimum absolute atomic E-state index is 0.325. The number of aryl methyl sites for hydroxylation is 1. The summed E-state index contributed by atoms with van der Waals surface area (Å²) in [7, 11) is 0. The van der Waals surface area contributed by atoms with E-state index in [0.29, 0.717) is 5.95 Å². The summed E-state index contributed by atoms with van der Waals surface area (Å²) in [5.41, 5.74) is 8.73. The van der Waals surface area contributed by atoms with E-state index in [1.54, 1.807) is 0 Å². The Hall–Kier alpha value is -1.82. The summed E-state index contributed by atoms with van der Waals surface area (Å²) in [4.78, 5) is 6.52. The summed E-state index contributed by atoms with van der Waals surface area (Å²) < 4.78 is 1.81. The highest BCUT2D eigenvalue weighted by atomic mass is 15.3. The number of nitrogens with zero attached hydrogens (tertiary/aromatic N) is 4. The van der Waals surface area contributed by atoms with Gasteiger partial charge in [0.05, 0.1) is 11.4 Å². The number of nitrogens with two attached hydrogens (primary N) is 1. The molecular formula is C11H16N6. The fraction of sp³-hybridized carbons (Fsp3) is 0.455. The van der Waals surface area contributed by atoms with Gasteiger partial charge in [-0.25, -0.2) is 4.52 Å². The summed E-state index contributed by atoms with van der Waals surface area (Å²) in [6.45, 7) is 6.15. The zero-order valence-electron chi connectivity index (χ0n) is 9.85. The lowest BCUT2D eigenvalue weighted by atomic mass is 10.2. The van der Waals surface area contributed by atoms with Crippen LogP contribution < -0.4 is 16.0 Å². The average Bonchev–Trinajstić information content (AvgIpc) is 2.72. The van der Waals surface area contributed by atoms with Crippen LogP contribution in [0, 0.1) is 6.92 Å². The summed E-state index contributed by atoms with van der Waals surface area (Å²) >= 11 is 0. The second-order valence-electron chi connectivity index (χ2n) is 4.28. The van der Waals surface area contributed by atoms with Crippen molar-refractivity contribution in [1.82, 2.24) is 19.9 Å². The molecule has 0 amide bonds. The van der Waals surface area contributed by atoms with Crippen LogP contribution in [-0.2, 0) is 0 Å². The number of rotatable bonds is 1. The topological polar surface area (TPSA) is 71.5 Å². The van der Waals surface area contributed by atoms with Gasteiger partial charge in [-0.05, 0) is 19.1 Å². The van der Waals surface area contributed by atoms with Gasteiger partial charge in [0, 0.05) is 26.2 Å². The highest BCUT2D eigenvalue weighted by Gasteiger charge is 2.15. The average molecular weight is 232 g/mol. The molecule has 0 aromatic carbocycles. The Bertz CT molecular complexity index is 540. The van der Waals surface area contributed by atoms with Crippen LogP contribution in [0.1, 0.15) is 5.69 Å². The number of aromatic nitrogens is 3. The van der Waals surface area contributed by atoms with Gasteiger partial charge in [-0.2, -0.15) is 4.98 Å². The first-order chi connectivity index (χ1) is 8.25. The van der Waals surface area contributed by atoms with Crippen LogP contribution in [0.4, 0.5) is 11.6 Å². The van der Waals surface area contributed by atoms with E-state index >= 15 is 0 Å². The Morgan fingerprint density at radius 1 is 1.29 bits per heavy atom. The predicted octanol–water partition coefficient (Wildman–Crippen LogP) is 0.0295. The van der Waals surface area contributed by atoms with Crippen molar-refractivity contribution in [2.24, 2.45) is 0 Å². The van der Waals surface area contributed by atoms with Crippen molar-refractivity contribution in [2.75, 3.05) is 36.8 Å². The Kier molecular flexibility index (Phi) is 2.36. The molecule has 2 aromatic heterocycles. The van der Waals surface area contributed by atoms with Crippen molar-refractivity contribution >= 4 is 17.3 Å². The summed E-state index contributed by atoms with van der Waals surface area (Å²) in [6, 6.07) is 4.07. The van der Waals surface area contributed by atoms with E-state index in [2.05, 4.69) is 33.3 Å². The summed E-state index contributed by atoms with van der Waals surface area (Å²) in [5.74, 6) is 0.325. The third-order valence-corrected chi connectivity index (χ3v) is 3.18. The van der Waals surface area contributed by atoms with Gasteiger partial charge in [-0.15, -0.1) is 5.10 Å². The number of anilines is 2. The third-order valence-electron chi connectivity index (χ3n) is 3.18. The SMILES string of the molecule is Cc1c(N2CCNCC2)ccc2nc(N)nn12. The number of nitrogen functional groups attached to an aromatic ring is 1. The molecule has 3 N–H and O–H groups in total. The van der Waals surface area contributed by atoms with Crippen molar-refractivity contribution in [1.29, 1.82) is 0 Å². The van der Waals surface area contributed by atoms with Crippen LogP contribution in [0.2, 0.25) is 0 Å². The molecule has 3 rings (SSSR count). The van der Waals surface area contributed by atoms with Crippen molar-refractivity contribution in [3.63, 3.8) is 0 Å². The number of hydrogen-bond donors (Lipinski definition) is 2. The van der Waals surface area contributed by atoms with Gasteiger partial charge in [-0.1, -0.05) is 0 Å². The maximum Gasteiger partial charge on any atom is 0.240 e. The van der Waals surface area contributed by atoms with Gasteiger partial charge >= 0.3 is 0 Å². The van der Waals surface area contributed by atoms with E-state index in [9.17, 15) is 0 Å². The van der Waals surface area contributed by atoms with E-state index in [-0.39, 0.29) is 0 Å². The van der Waals surface area contributed by atoms with Crippen LogP contribution in [0.25, 0.3) is 5.65 Å². The molecular weight excluding hydrogens is 216 g/mol. The van der Waals surface area contributed by atoms with E-state index < -0.39 is 0 Å². The van der Waals surface area contributed by atoms with Gasteiger partial charge < -0.3 is 16.0 Å². The predicted molar refractivity (Wildman–Crippen MR) is 67.2 cm³/mol. The fourth-order valence-corrected chi connectivity index (χ4v) is 2.32. The molecule has 0 aliphatic carbocycles. The molecule has 1 aliphatic heterocycles. The molecule has 0 saturated carbocycles. The highest BCUT2D eigenvalue weighted by Crippen LogP contribution is 2.21. The fourth-order valence-electron chi connectivity index (χ4n) is 2.32. The van der Waals surface area contributed by atoms with Gasteiger partial charge in [0.25, 0.3) is 0 Å². The number of pyridine rings is 1. The minimum atomic E-state index is 0.325. The maximum absolute atomic E-state index is 5.62. The minimum Gasteiger partial charge on any atom is -0.368 e. The molecule has 0 bridgehead atoms. The van der Waals surface area contributed by atoms with Gasteiger partial charge in [0.2, 0.25) is 5.95 Å². The molecule has 0 radical (unpaired) electrons. The Morgan fingerprint density at radius 2 is 2.06 bits per heavy atom. The third kappa shape index (κ3) is 1.70. The standard InChI is InChI=1S/C11H16N6/c1-8-9(16-6-4-13-5-7-16)2-3-10-14-11(12)15-17(8)10/h2-3,13H,4-7H2,1H3,(H2,12,15). The van der Waals surface area contributed by atoms with Crippen molar-refractivity contribution < 1.29 is 0 Å². The summed E-state index contributed by atoms with van der Waals surface area (Å²) in [6.07, 6.45) is 0. The Balaban J connectivity index is 2.06. The molecule has 3 heterocycles. The van der Waals surface area contributed by atoms with Gasteiger partial charge in [0.1, 0.15) is 0 Å². The van der Waals surface area contributed by atoms with Crippen LogP contribution in [0.3, 0.4) is 0 Å². The van der Waals surface area contributed by atoms with Gasteiger partial charge in [-0.3, -0.25) is 0 Å². The molecule has 1 saturated heterocycles.